The molecular formula is C12H17BrO5. The number of carbonyl (C=O) groups excluding carboxylic acids is 3. The summed E-state index contributed by atoms with van der Waals surface area (Å²) in [5.74, 6) is -4.71. The third-order valence-electron chi connectivity index (χ3n) is 2.54. The molecule has 1 aliphatic rings. The first-order valence-electron chi connectivity index (χ1n) is 5.92. The molecule has 1 aliphatic heterocycles. The Hall–Kier alpha value is -0.910. The van der Waals surface area contributed by atoms with Gasteiger partial charge in [-0.05, 0) is 12.8 Å². The predicted molar refractivity (Wildman–Crippen MR) is 67.0 cm³/mol. The molecule has 102 valence electrons. The molecule has 0 saturated carbocycles. The first-order chi connectivity index (χ1) is 8.37. The minimum atomic E-state index is -1.40. The summed E-state index contributed by atoms with van der Waals surface area (Å²) in [6, 6.07) is 0. The van der Waals surface area contributed by atoms with E-state index in [0.29, 0.717) is 6.42 Å². The lowest BCUT2D eigenvalue weighted by molar-refractivity contribution is -0.238. The van der Waals surface area contributed by atoms with E-state index in [0.717, 1.165) is 18.2 Å². The molecule has 0 atom stereocenters. The van der Waals surface area contributed by atoms with Crippen molar-refractivity contribution < 1.29 is 23.9 Å². The maximum atomic E-state index is 11.8. The van der Waals surface area contributed by atoms with Crippen molar-refractivity contribution >= 4 is 33.7 Å². The molecule has 6 heteroatoms. The fraction of sp³-hybridized carbons (Fsp3) is 0.750. The molecule has 1 fully saturated rings. The summed E-state index contributed by atoms with van der Waals surface area (Å²) in [5.41, 5.74) is 0. The monoisotopic (exact) mass is 320 g/mol. The number of Topliss-reactive ketones (excluding diaryl/α,β-unsaturated/α-hetero) is 1. The van der Waals surface area contributed by atoms with Crippen molar-refractivity contribution in [1.29, 1.82) is 0 Å². The largest absolute Gasteiger partial charge is 0.422 e. The second-order valence-electron chi connectivity index (χ2n) is 4.64. The summed E-state index contributed by atoms with van der Waals surface area (Å²) >= 11 is 3.29. The van der Waals surface area contributed by atoms with E-state index in [-0.39, 0.29) is 6.42 Å². The first kappa shape index (κ1) is 15.1. The molecule has 0 bridgehead atoms. The third kappa shape index (κ3) is 4.08. The van der Waals surface area contributed by atoms with Crippen LogP contribution in [0.3, 0.4) is 0 Å². The van der Waals surface area contributed by atoms with Crippen molar-refractivity contribution in [2.75, 3.05) is 5.33 Å². The summed E-state index contributed by atoms with van der Waals surface area (Å²) < 4.78 is 9.79. The van der Waals surface area contributed by atoms with Gasteiger partial charge >= 0.3 is 11.9 Å². The zero-order valence-electron chi connectivity index (χ0n) is 10.5. The Kier molecular flexibility index (Phi) is 5.31. The predicted octanol–water partition coefficient (Wildman–Crippen LogP) is 1.96. The lowest BCUT2D eigenvalue weighted by Crippen LogP contribution is -2.49. The molecule has 0 aromatic heterocycles. The van der Waals surface area contributed by atoms with Gasteiger partial charge in [-0.2, -0.15) is 0 Å². The molecule has 0 aliphatic carbocycles. The van der Waals surface area contributed by atoms with Gasteiger partial charge in [0, 0.05) is 25.6 Å². The van der Waals surface area contributed by atoms with Crippen LogP contribution >= 0.6 is 15.9 Å². The number of rotatable bonds is 6. The van der Waals surface area contributed by atoms with Gasteiger partial charge in [0.25, 0.3) is 5.79 Å². The fourth-order valence-corrected chi connectivity index (χ4v) is 2.09. The smallest absolute Gasteiger partial charge is 0.331 e. The number of unbranched alkanes of at least 4 members (excludes halogenated alkanes) is 2. The number of carbonyl (C=O) groups is 3. The van der Waals surface area contributed by atoms with Crippen LogP contribution in [0.15, 0.2) is 0 Å². The Morgan fingerprint density at radius 3 is 2.22 bits per heavy atom. The van der Waals surface area contributed by atoms with E-state index in [2.05, 4.69) is 15.9 Å². The summed E-state index contributed by atoms with van der Waals surface area (Å²) in [4.78, 5) is 35.0. The molecule has 0 aromatic rings. The highest BCUT2D eigenvalue weighted by molar-refractivity contribution is 9.09. The number of esters is 2. The van der Waals surface area contributed by atoms with E-state index in [1.54, 1.807) is 0 Å². The molecule has 1 saturated heterocycles. The highest BCUT2D eigenvalue weighted by Gasteiger charge is 2.46. The number of alkyl halides is 1. The van der Waals surface area contributed by atoms with E-state index >= 15 is 0 Å². The number of halogens is 1. The van der Waals surface area contributed by atoms with Gasteiger partial charge in [0.2, 0.25) is 5.92 Å². The summed E-state index contributed by atoms with van der Waals surface area (Å²) in [7, 11) is 0. The first-order valence-corrected chi connectivity index (χ1v) is 7.04. The number of cyclic esters (lactones) is 2. The molecule has 0 aromatic carbocycles. The minimum absolute atomic E-state index is 0.197. The lowest BCUT2D eigenvalue weighted by atomic mass is 9.98. The SMILES string of the molecule is CC1(C)OC(=O)C(C(=O)CCCCCBr)C(=O)O1. The van der Waals surface area contributed by atoms with Gasteiger partial charge in [0.15, 0.2) is 5.78 Å². The van der Waals surface area contributed by atoms with Crippen LogP contribution < -0.4 is 0 Å². The van der Waals surface area contributed by atoms with Gasteiger partial charge in [0.05, 0.1) is 0 Å². The van der Waals surface area contributed by atoms with Gasteiger partial charge in [0.1, 0.15) is 0 Å². The van der Waals surface area contributed by atoms with Crippen LogP contribution in [0.1, 0.15) is 39.5 Å². The molecule has 0 N–H and O–H groups in total. The minimum Gasteiger partial charge on any atom is -0.422 e. The van der Waals surface area contributed by atoms with E-state index in [4.69, 9.17) is 9.47 Å². The van der Waals surface area contributed by atoms with Gasteiger partial charge < -0.3 is 9.47 Å². The molecule has 0 amide bonds. The van der Waals surface area contributed by atoms with Crippen molar-refractivity contribution in [3.05, 3.63) is 0 Å². The van der Waals surface area contributed by atoms with Crippen molar-refractivity contribution in [2.24, 2.45) is 5.92 Å². The zero-order chi connectivity index (χ0) is 13.8. The highest BCUT2D eigenvalue weighted by atomic mass is 79.9. The molecule has 0 radical (unpaired) electrons. The third-order valence-corrected chi connectivity index (χ3v) is 3.10. The van der Waals surface area contributed by atoms with Crippen LogP contribution in [-0.4, -0.2) is 28.8 Å². The maximum Gasteiger partial charge on any atom is 0.331 e. The molecule has 0 unspecified atom stereocenters. The highest BCUT2D eigenvalue weighted by Crippen LogP contribution is 2.24. The maximum absolute atomic E-state index is 11.8. The molecule has 1 rings (SSSR count). The quantitative estimate of drug-likeness (QED) is 0.324. The van der Waals surface area contributed by atoms with Gasteiger partial charge in [-0.15, -0.1) is 0 Å². The summed E-state index contributed by atoms with van der Waals surface area (Å²) in [6.45, 7) is 2.92. The Balaban J connectivity index is 2.52. The standard InChI is InChI=1S/C12H17BrO5/c1-12(2)17-10(15)9(11(16)18-12)8(14)6-4-3-5-7-13/h9H,3-7H2,1-2H3. The average molecular weight is 321 g/mol. The Labute approximate surface area is 114 Å². The van der Waals surface area contributed by atoms with Gasteiger partial charge in [-0.3, -0.25) is 14.4 Å². The van der Waals surface area contributed by atoms with E-state index in [1.807, 2.05) is 0 Å². The fourth-order valence-electron chi connectivity index (χ4n) is 1.70. The molecule has 1 heterocycles. The van der Waals surface area contributed by atoms with Crippen molar-refractivity contribution in [3.8, 4) is 0 Å². The number of hydrogen-bond donors (Lipinski definition) is 0. The van der Waals surface area contributed by atoms with Crippen LogP contribution in [0, 0.1) is 5.92 Å². The van der Waals surface area contributed by atoms with E-state index in [9.17, 15) is 14.4 Å². The Bertz CT molecular complexity index is 330. The average Bonchev–Trinajstić information content (AvgIpc) is 2.21. The van der Waals surface area contributed by atoms with Crippen LogP contribution in [0.5, 0.6) is 0 Å². The second-order valence-corrected chi connectivity index (χ2v) is 5.43. The molecular weight excluding hydrogens is 304 g/mol. The normalized spacial score (nSPS) is 19.3. The molecule has 0 spiro atoms. The summed E-state index contributed by atoms with van der Waals surface area (Å²) in [5, 5.41) is 0.878. The van der Waals surface area contributed by atoms with Crippen molar-refractivity contribution in [2.45, 2.75) is 45.3 Å². The number of hydrogen-bond acceptors (Lipinski definition) is 5. The van der Waals surface area contributed by atoms with Crippen molar-refractivity contribution in [3.63, 3.8) is 0 Å². The van der Waals surface area contributed by atoms with Gasteiger partial charge in [-0.1, -0.05) is 22.4 Å². The number of ether oxygens (including phenoxy) is 2. The topological polar surface area (TPSA) is 69.7 Å². The van der Waals surface area contributed by atoms with Gasteiger partial charge in [-0.25, -0.2) is 0 Å². The molecule has 18 heavy (non-hydrogen) atoms. The molecule has 5 nitrogen and oxygen atoms in total. The van der Waals surface area contributed by atoms with E-state index in [1.165, 1.54) is 13.8 Å². The zero-order valence-corrected chi connectivity index (χ0v) is 12.1. The summed E-state index contributed by atoms with van der Waals surface area (Å²) in [6.07, 6.45) is 2.69. The van der Waals surface area contributed by atoms with Crippen LogP contribution in [0.2, 0.25) is 0 Å². The Morgan fingerprint density at radius 2 is 1.72 bits per heavy atom. The van der Waals surface area contributed by atoms with Crippen molar-refractivity contribution in [1.82, 2.24) is 0 Å². The van der Waals surface area contributed by atoms with Crippen LogP contribution in [0.4, 0.5) is 0 Å². The van der Waals surface area contributed by atoms with E-state index < -0.39 is 29.4 Å². The number of ketones is 1. The second kappa shape index (κ2) is 6.31. The Morgan fingerprint density at radius 1 is 1.17 bits per heavy atom. The van der Waals surface area contributed by atoms with Crippen LogP contribution in [0.25, 0.3) is 0 Å². The van der Waals surface area contributed by atoms with Crippen LogP contribution in [-0.2, 0) is 23.9 Å². The lowest BCUT2D eigenvalue weighted by Gasteiger charge is -2.32.